The van der Waals surface area contributed by atoms with Crippen LogP contribution in [-0.2, 0) is 0 Å². The van der Waals surface area contributed by atoms with Gasteiger partial charge in [-0.1, -0.05) is 12.8 Å². The fraction of sp³-hybridized carbons (Fsp3) is 1.00. The lowest BCUT2D eigenvalue weighted by molar-refractivity contribution is 0.479. The van der Waals surface area contributed by atoms with Gasteiger partial charge in [-0.2, -0.15) is 0 Å². The lowest BCUT2D eigenvalue weighted by atomic mass is 9.99. The Morgan fingerprint density at radius 3 is 1.29 bits per heavy atom. The molecule has 17 heavy (non-hydrogen) atoms. The second kappa shape index (κ2) is 5.60. The van der Waals surface area contributed by atoms with Gasteiger partial charge in [0.25, 0.3) is 0 Å². The standard InChI is InChI=1S/C16H30P/c1-3-9-15(10-4-1)17(13-7-8-14-17)16-11-5-2-6-12-16/h15-16H,1-14H2/q+1. The molecule has 1 aliphatic heterocycles. The molecule has 0 N–H and O–H groups in total. The Hall–Kier alpha value is 0.430. The van der Waals surface area contributed by atoms with Gasteiger partial charge in [-0.25, -0.2) is 0 Å². The average Bonchev–Trinajstić information content (AvgIpc) is 2.91. The van der Waals surface area contributed by atoms with E-state index in [0.717, 1.165) is 0 Å². The van der Waals surface area contributed by atoms with Crippen LogP contribution in [0.3, 0.4) is 0 Å². The van der Waals surface area contributed by atoms with Crippen molar-refractivity contribution in [3.8, 4) is 0 Å². The molecule has 0 bridgehead atoms. The summed E-state index contributed by atoms with van der Waals surface area (Å²) in [6.45, 7) is 0. The SMILES string of the molecule is C1CCC([P+]2(C3CCCCC3)CCCC2)CC1. The first-order valence-electron chi connectivity index (χ1n) is 8.28. The molecule has 0 amide bonds. The smallest absolute Gasteiger partial charge is 0.0530 e. The van der Waals surface area contributed by atoms with Gasteiger partial charge in [0, 0.05) is 7.26 Å². The fourth-order valence-electron chi connectivity index (χ4n) is 5.14. The number of hydrogen-bond donors (Lipinski definition) is 0. The largest absolute Gasteiger partial charge is 0.0700 e. The molecule has 3 fully saturated rings. The van der Waals surface area contributed by atoms with E-state index in [1.165, 1.54) is 11.3 Å². The molecule has 0 aromatic heterocycles. The molecule has 0 spiro atoms. The molecule has 3 rings (SSSR count). The summed E-state index contributed by atoms with van der Waals surface area (Å²) < 4.78 is 0. The van der Waals surface area contributed by atoms with Gasteiger partial charge in [-0.15, -0.1) is 0 Å². The van der Waals surface area contributed by atoms with E-state index in [1.807, 2.05) is 0 Å². The third-order valence-electron chi connectivity index (χ3n) is 6.00. The van der Waals surface area contributed by atoms with E-state index in [9.17, 15) is 0 Å². The van der Waals surface area contributed by atoms with E-state index in [0.29, 0.717) is 0 Å². The van der Waals surface area contributed by atoms with Gasteiger partial charge in [0.05, 0.1) is 23.6 Å². The zero-order valence-corrected chi connectivity index (χ0v) is 12.4. The molecule has 0 aromatic rings. The molecular weight excluding hydrogens is 223 g/mol. The first kappa shape index (κ1) is 12.5. The Labute approximate surface area is 108 Å². The third kappa shape index (κ3) is 2.44. The summed E-state index contributed by atoms with van der Waals surface area (Å²) in [7, 11) is -0.498. The molecule has 0 atom stereocenters. The van der Waals surface area contributed by atoms with Crippen molar-refractivity contribution in [2.75, 3.05) is 12.3 Å². The van der Waals surface area contributed by atoms with Crippen LogP contribution in [0, 0.1) is 0 Å². The Morgan fingerprint density at radius 2 is 0.882 bits per heavy atom. The van der Waals surface area contributed by atoms with Crippen LogP contribution in [0.25, 0.3) is 0 Å². The van der Waals surface area contributed by atoms with Crippen LogP contribution in [0.4, 0.5) is 0 Å². The monoisotopic (exact) mass is 253 g/mol. The Kier molecular flexibility index (Phi) is 4.11. The van der Waals surface area contributed by atoms with Crippen molar-refractivity contribution in [3.63, 3.8) is 0 Å². The Morgan fingerprint density at radius 1 is 0.471 bits per heavy atom. The van der Waals surface area contributed by atoms with E-state index in [4.69, 9.17) is 0 Å². The molecule has 2 aliphatic carbocycles. The van der Waals surface area contributed by atoms with Crippen molar-refractivity contribution in [1.29, 1.82) is 0 Å². The molecule has 0 unspecified atom stereocenters. The summed E-state index contributed by atoms with van der Waals surface area (Å²) in [6, 6.07) is 0. The zero-order valence-electron chi connectivity index (χ0n) is 11.5. The fourth-order valence-corrected chi connectivity index (χ4v) is 11.8. The summed E-state index contributed by atoms with van der Waals surface area (Å²) in [6.07, 6.45) is 22.5. The van der Waals surface area contributed by atoms with Crippen molar-refractivity contribution in [3.05, 3.63) is 0 Å². The number of hydrogen-bond acceptors (Lipinski definition) is 0. The van der Waals surface area contributed by atoms with Crippen molar-refractivity contribution in [2.24, 2.45) is 0 Å². The zero-order chi connectivity index (χ0) is 11.6. The highest BCUT2D eigenvalue weighted by molar-refractivity contribution is 7.77. The highest BCUT2D eigenvalue weighted by Crippen LogP contribution is 2.75. The van der Waals surface area contributed by atoms with Gasteiger partial charge in [0.2, 0.25) is 0 Å². The summed E-state index contributed by atoms with van der Waals surface area (Å²) in [5.74, 6) is 0. The van der Waals surface area contributed by atoms with Crippen LogP contribution in [0.5, 0.6) is 0 Å². The van der Waals surface area contributed by atoms with Gasteiger partial charge in [0.15, 0.2) is 0 Å². The molecule has 1 heteroatoms. The van der Waals surface area contributed by atoms with Crippen molar-refractivity contribution >= 4 is 7.26 Å². The molecular formula is C16H30P+. The van der Waals surface area contributed by atoms with Gasteiger partial charge in [-0.05, 0) is 64.2 Å². The molecule has 1 heterocycles. The molecule has 0 radical (unpaired) electrons. The molecule has 2 saturated carbocycles. The van der Waals surface area contributed by atoms with Crippen LogP contribution < -0.4 is 0 Å². The van der Waals surface area contributed by atoms with E-state index < -0.39 is 7.26 Å². The average molecular weight is 253 g/mol. The van der Waals surface area contributed by atoms with Crippen LogP contribution in [0.1, 0.15) is 77.0 Å². The maximum atomic E-state index is 1.71. The van der Waals surface area contributed by atoms with Gasteiger partial charge < -0.3 is 0 Å². The number of rotatable bonds is 2. The van der Waals surface area contributed by atoms with Crippen molar-refractivity contribution in [2.45, 2.75) is 88.4 Å². The Balaban J connectivity index is 1.75. The summed E-state index contributed by atoms with van der Waals surface area (Å²) in [5, 5.41) is 0. The predicted octanol–water partition coefficient (Wildman–Crippen LogP) is 5.46. The minimum Gasteiger partial charge on any atom is -0.0530 e. The first-order valence-corrected chi connectivity index (χ1v) is 10.6. The molecule has 0 aromatic carbocycles. The lowest BCUT2D eigenvalue weighted by Crippen LogP contribution is -2.29. The van der Waals surface area contributed by atoms with Gasteiger partial charge in [0.1, 0.15) is 0 Å². The first-order chi connectivity index (χ1) is 8.42. The summed E-state index contributed by atoms with van der Waals surface area (Å²) in [4.78, 5) is 0. The van der Waals surface area contributed by atoms with Crippen LogP contribution in [0.15, 0.2) is 0 Å². The third-order valence-corrected chi connectivity index (χ3v) is 12.2. The topological polar surface area (TPSA) is 0 Å². The molecule has 98 valence electrons. The summed E-state index contributed by atoms with van der Waals surface area (Å²) >= 11 is 0. The molecule has 0 nitrogen and oxygen atoms in total. The second-order valence-electron chi connectivity index (χ2n) is 6.84. The second-order valence-corrected chi connectivity index (χ2v) is 11.4. The summed E-state index contributed by atoms with van der Waals surface area (Å²) in [5.41, 5.74) is 2.48. The van der Waals surface area contributed by atoms with Crippen LogP contribution in [-0.4, -0.2) is 23.6 Å². The normalized spacial score (nSPS) is 31.8. The van der Waals surface area contributed by atoms with Gasteiger partial charge in [-0.3, -0.25) is 0 Å². The van der Waals surface area contributed by atoms with Crippen molar-refractivity contribution < 1.29 is 0 Å². The maximum Gasteiger partial charge on any atom is 0.0700 e. The van der Waals surface area contributed by atoms with E-state index >= 15 is 0 Å². The maximum absolute atomic E-state index is 1.71. The van der Waals surface area contributed by atoms with Crippen molar-refractivity contribution in [1.82, 2.24) is 0 Å². The highest BCUT2D eigenvalue weighted by Gasteiger charge is 2.53. The lowest BCUT2D eigenvalue weighted by Gasteiger charge is -2.41. The van der Waals surface area contributed by atoms with E-state index in [1.54, 1.807) is 89.4 Å². The van der Waals surface area contributed by atoms with E-state index in [-0.39, 0.29) is 0 Å². The Bertz CT molecular complexity index is 210. The molecule has 1 saturated heterocycles. The van der Waals surface area contributed by atoms with Crippen LogP contribution in [0.2, 0.25) is 0 Å². The van der Waals surface area contributed by atoms with Gasteiger partial charge >= 0.3 is 0 Å². The minimum atomic E-state index is -0.498. The predicted molar refractivity (Wildman–Crippen MR) is 79.6 cm³/mol. The molecule has 3 aliphatic rings. The highest BCUT2D eigenvalue weighted by atomic mass is 31.2. The minimum absolute atomic E-state index is 0.498. The quantitative estimate of drug-likeness (QED) is 0.573. The van der Waals surface area contributed by atoms with E-state index in [2.05, 4.69) is 0 Å². The van der Waals surface area contributed by atoms with Crippen LogP contribution >= 0.6 is 7.26 Å².